The summed E-state index contributed by atoms with van der Waals surface area (Å²) in [6.07, 6.45) is -10.2. The summed E-state index contributed by atoms with van der Waals surface area (Å²) in [4.78, 5) is -1.25. The van der Waals surface area contributed by atoms with Gasteiger partial charge in [0.05, 0.1) is 33.9 Å². The number of azo groups is 2. The van der Waals surface area contributed by atoms with Gasteiger partial charge in [-0.2, -0.15) is 43.2 Å². The Kier molecular flexibility index (Phi) is 9.42. The summed E-state index contributed by atoms with van der Waals surface area (Å²) >= 11 is 0. The summed E-state index contributed by atoms with van der Waals surface area (Å²) in [5.41, 5.74) is 5.98. The molecule has 0 aliphatic carbocycles. The molecule has 0 saturated heterocycles. The fourth-order valence-electron chi connectivity index (χ4n) is 5.57. The second-order valence-electron chi connectivity index (χ2n) is 11.5. The number of benzene rings is 6. The molecule has 54 heavy (non-hydrogen) atoms. The molecule has 0 aromatic heterocycles. The molecule has 6 rings (SSSR count). The van der Waals surface area contributed by atoms with E-state index in [4.69, 9.17) is 11.5 Å². The van der Waals surface area contributed by atoms with Crippen LogP contribution in [0.3, 0.4) is 0 Å². The van der Waals surface area contributed by atoms with Gasteiger partial charge in [0.25, 0.3) is 20.2 Å². The van der Waals surface area contributed by atoms with Crippen LogP contribution >= 0.6 is 0 Å². The van der Waals surface area contributed by atoms with E-state index in [2.05, 4.69) is 20.5 Å². The molecule has 0 atom stereocenters. The van der Waals surface area contributed by atoms with Crippen LogP contribution in [-0.2, 0) is 32.6 Å². The maximum Gasteiger partial charge on any atom is 0.418 e. The highest BCUT2D eigenvalue weighted by Crippen LogP contribution is 2.44. The first-order chi connectivity index (χ1) is 25.1. The van der Waals surface area contributed by atoms with Gasteiger partial charge < -0.3 is 11.5 Å². The van der Waals surface area contributed by atoms with Gasteiger partial charge in [-0.3, -0.25) is 9.11 Å². The zero-order chi connectivity index (χ0) is 39.4. The summed E-state index contributed by atoms with van der Waals surface area (Å²) < 4.78 is 153. The number of hydrogen-bond acceptors (Lipinski definition) is 10. The van der Waals surface area contributed by atoms with Crippen molar-refractivity contribution in [2.75, 3.05) is 11.5 Å². The van der Waals surface area contributed by atoms with E-state index in [1.807, 2.05) is 0 Å². The number of halogens is 6. The molecule has 20 heteroatoms. The van der Waals surface area contributed by atoms with E-state index in [9.17, 15) is 52.3 Å². The van der Waals surface area contributed by atoms with Crippen LogP contribution in [0.4, 0.5) is 60.5 Å². The number of fused-ring (bicyclic) bond motifs is 2. The second-order valence-corrected chi connectivity index (χ2v) is 14.3. The van der Waals surface area contributed by atoms with Gasteiger partial charge in [-0.1, -0.05) is 60.7 Å². The predicted octanol–water partition coefficient (Wildman–Crippen LogP) is 10.2. The van der Waals surface area contributed by atoms with E-state index >= 15 is 0 Å². The lowest BCUT2D eigenvalue weighted by Crippen LogP contribution is -2.07. The molecule has 6 aromatic rings. The summed E-state index contributed by atoms with van der Waals surface area (Å²) in [6.45, 7) is 0. The average molecular weight is 789 g/mol. The number of rotatable bonds is 7. The van der Waals surface area contributed by atoms with Crippen molar-refractivity contribution in [1.82, 2.24) is 0 Å². The topological polar surface area (TPSA) is 210 Å². The lowest BCUT2D eigenvalue weighted by Gasteiger charge is -2.14. The zero-order valence-corrected chi connectivity index (χ0v) is 28.4. The molecule has 0 bridgehead atoms. The molecule has 0 radical (unpaired) electrons. The van der Waals surface area contributed by atoms with Crippen LogP contribution in [0.2, 0.25) is 0 Å². The Morgan fingerprint density at radius 3 is 1.09 bits per heavy atom. The van der Waals surface area contributed by atoms with Crippen molar-refractivity contribution in [3.05, 3.63) is 108 Å². The summed E-state index contributed by atoms with van der Waals surface area (Å²) in [7, 11) is -9.68. The number of anilines is 2. The van der Waals surface area contributed by atoms with Crippen LogP contribution in [0.5, 0.6) is 0 Å². The van der Waals surface area contributed by atoms with Gasteiger partial charge in [0.2, 0.25) is 0 Å². The maximum absolute atomic E-state index is 14.3. The fourth-order valence-corrected chi connectivity index (χ4v) is 7.00. The number of nitrogen functional groups attached to an aromatic ring is 2. The minimum Gasteiger partial charge on any atom is -0.396 e. The maximum atomic E-state index is 14.3. The number of hydrogen-bond donors (Lipinski definition) is 4. The van der Waals surface area contributed by atoms with Gasteiger partial charge in [0.1, 0.15) is 21.2 Å². The SMILES string of the molecule is Nc1c(/N=N/c2ccc(-c3ccc(/N=N/c4cc(S(=O)(=O)O)c5ccccc5c4N)c(C(F)(F)F)c3)cc2C(F)(F)F)cc(S(=O)(=O)O)c2ccccc12. The molecule has 0 spiro atoms. The van der Waals surface area contributed by atoms with Crippen LogP contribution in [0.15, 0.2) is 127 Å². The van der Waals surface area contributed by atoms with E-state index in [0.717, 1.165) is 36.4 Å². The smallest absolute Gasteiger partial charge is 0.396 e. The molecule has 12 nitrogen and oxygen atoms in total. The Labute approximate surface area is 301 Å². The molecule has 6 N–H and O–H groups in total. The Bertz CT molecular complexity index is 2600. The van der Waals surface area contributed by atoms with Crippen LogP contribution in [0, 0.1) is 0 Å². The zero-order valence-electron chi connectivity index (χ0n) is 26.8. The standard InChI is InChI=1S/C34H22F6N6O6S2/c35-33(36,37)23-13-17(9-11-25(23)43-45-27-15-29(53(47,48)49)19-5-1-3-7-21(19)31(27)41)18-10-12-26(24(14-18)34(38,39)40)44-46-28-16-30(54(50,51)52)20-6-2-4-8-22(20)32(28)42/h1-16H,41-42H2,(H,47,48,49)(H,50,51,52)/b45-43+,46-44+. The minimum absolute atomic E-state index is 0.0200. The van der Waals surface area contributed by atoms with E-state index in [1.165, 1.54) is 48.5 Å². The Morgan fingerprint density at radius 2 is 0.778 bits per heavy atom. The van der Waals surface area contributed by atoms with Gasteiger partial charge in [-0.05, 0) is 47.5 Å². The van der Waals surface area contributed by atoms with Crippen molar-refractivity contribution >= 4 is 75.9 Å². The highest BCUT2D eigenvalue weighted by Gasteiger charge is 2.36. The third-order valence-electron chi connectivity index (χ3n) is 8.08. The van der Waals surface area contributed by atoms with Crippen molar-refractivity contribution in [3.63, 3.8) is 0 Å². The van der Waals surface area contributed by atoms with E-state index in [0.29, 0.717) is 12.1 Å². The molecular weight excluding hydrogens is 767 g/mol. The highest BCUT2D eigenvalue weighted by molar-refractivity contribution is 7.86. The Hall–Kier alpha value is -5.96. The summed E-state index contributed by atoms with van der Waals surface area (Å²) in [6, 6.07) is 17.9. The van der Waals surface area contributed by atoms with Crippen LogP contribution in [0.25, 0.3) is 32.7 Å². The Morgan fingerprint density at radius 1 is 0.463 bits per heavy atom. The molecule has 0 unspecified atom stereocenters. The lowest BCUT2D eigenvalue weighted by atomic mass is 9.99. The quantitative estimate of drug-likeness (QED) is 0.0528. The molecular formula is C34H22F6N6O6S2. The van der Waals surface area contributed by atoms with Crippen molar-refractivity contribution in [1.29, 1.82) is 0 Å². The van der Waals surface area contributed by atoms with Gasteiger partial charge in [-0.25, -0.2) is 0 Å². The predicted molar refractivity (Wildman–Crippen MR) is 187 cm³/mol. The van der Waals surface area contributed by atoms with E-state index in [-0.39, 0.29) is 44.0 Å². The van der Waals surface area contributed by atoms with Gasteiger partial charge in [-0.15, -0.1) is 20.5 Å². The van der Waals surface area contributed by atoms with Crippen LogP contribution in [0.1, 0.15) is 11.1 Å². The van der Waals surface area contributed by atoms with Gasteiger partial charge in [0, 0.05) is 21.5 Å². The van der Waals surface area contributed by atoms with Gasteiger partial charge in [0.15, 0.2) is 0 Å². The van der Waals surface area contributed by atoms with Crippen molar-refractivity contribution in [2.24, 2.45) is 20.5 Å². The molecule has 0 heterocycles. The summed E-state index contributed by atoms with van der Waals surface area (Å²) in [5, 5.41) is 14.9. The largest absolute Gasteiger partial charge is 0.418 e. The summed E-state index contributed by atoms with van der Waals surface area (Å²) in [5.74, 6) is 0. The number of alkyl halides is 6. The first kappa shape index (κ1) is 37.8. The number of nitrogens with zero attached hydrogens (tertiary/aromatic N) is 4. The number of nitrogens with two attached hydrogens (primary N) is 2. The molecule has 0 fully saturated rings. The molecule has 0 amide bonds. The second kappa shape index (κ2) is 13.5. The van der Waals surface area contributed by atoms with Crippen LogP contribution in [-0.4, -0.2) is 25.9 Å². The molecule has 0 aliphatic heterocycles. The van der Waals surface area contributed by atoms with E-state index < -0.39 is 76.3 Å². The normalized spacial score (nSPS) is 13.1. The van der Waals surface area contributed by atoms with Gasteiger partial charge >= 0.3 is 12.4 Å². The highest BCUT2D eigenvalue weighted by atomic mass is 32.2. The third-order valence-corrected chi connectivity index (χ3v) is 9.86. The molecule has 278 valence electrons. The minimum atomic E-state index is -5.11. The monoisotopic (exact) mass is 788 g/mol. The average Bonchev–Trinajstić information content (AvgIpc) is 3.09. The first-order valence-electron chi connectivity index (χ1n) is 15.0. The lowest BCUT2D eigenvalue weighted by molar-refractivity contribution is -0.138. The van der Waals surface area contributed by atoms with Crippen LogP contribution < -0.4 is 11.5 Å². The Balaban J connectivity index is 1.41. The van der Waals surface area contributed by atoms with Crippen molar-refractivity contribution in [2.45, 2.75) is 22.1 Å². The fraction of sp³-hybridized carbons (Fsp3) is 0.0588. The van der Waals surface area contributed by atoms with Crippen molar-refractivity contribution in [3.8, 4) is 11.1 Å². The third kappa shape index (κ3) is 7.44. The molecule has 6 aromatic carbocycles. The first-order valence-corrected chi connectivity index (χ1v) is 17.9. The van der Waals surface area contributed by atoms with Crippen molar-refractivity contribution < 1.29 is 52.3 Å². The molecule has 0 saturated carbocycles. The molecule has 0 aliphatic rings. The van der Waals surface area contributed by atoms with E-state index in [1.54, 1.807) is 0 Å².